The highest BCUT2D eigenvalue weighted by molar-refractivity contribution is 7.13. The van der Waals surface area contributed by atoms with Crippen LogP contribution < -0.4 is 14.2 Å². The number of rotatable bonds is 9. The normalized spacial score (nSPS) is 10.4. The third kappa shape index (κ3) is 5.26. The molecular formula is C22H23NO5S. The Labute approximate surface area is 174 Å². The second kappa shape index (κ2) is 9.93. The van der Waals surface area contributed by atoms with Gasteiger partial charge >= 0.3 is 5.97 Å². The van der Waals surface area contributed by atoms with Crippen molar-refractivity contribution in [3.8, 4) is 27.8 Å². The summed E-state index contributed by atoms with van der Waals surface area (Å²) in [7, 11) is 3.19. The van der Waals surface area contributed by atoms with E-state index in [1.54, 1.807) is 14.2 Å². The van der Waals surface area contributed by atoms with Crippen molar-refractivity contribution in [2.75, 3.05) is 20.8 Å². The number of carbonyl (C=O) groups excluding carboxylic acids is 1. The molecule has 0 radical (unpaired) electrons. The molecule has 3 aromatic rings. The van der Waals surface area contributed by atoms with Gasteiger partial charge in [-0.05, 0) is 30.7 Å². The molecule has 0 amide bonds. The first kappa shape index (κ1) is 20.7. The summed E-state index contributed by atoms with van der Waals surface area (Å²) in [5.74, 6) is 1.71. The second-order valence-corrected chi connectivity index (χ2v) is 7.07. The maximum atomic E-state index is 12.0. The Hall–Kier alpha value is -3.06. The van der Waals surface area contributed by atoms with Crippen LogP contribution in [0.25, 0.3) is 10.6 Å². The van der Waals surface area contributed by atoms with Crippen molar-refractivity contribution in [3.63, 3.8) is 0 Å². The number of esters is 1. The molecule has 0 aliphatic heterocycles. The molecule has 0 N–H and O–H groups in total. The number of aryl methyl sites for hydroxylation is 1. The monoisotopic (exact) mass is 413 g/mol. The lowest BCUT2D eigenvalue weighted by Crippen LogP contribution is -2.10. The van der Waals surface area contributed by atoms with Crippen LogP contribution in [0, 0.1) is 6.92 Å². The molecule has 2 aromatic carbocycles. The lowest BCUT2D eigenvalue weighted by molar-refractivity contribution is -0.145. The quantitative estimate of drug-likeness (QED) is 0.476. The number of nitrogens with zero attached hydrogens (tertiary/aromatic N) is 1. The molecule has 29 heavy (non-hydrogen) atoms. The van der Waals surface area contributed by atoms with E-state index in [4.69, 9.17) is 18.9 Å². The van der Waals surface area contributed by atoms with Crippen molar-refractivity contribution in [2.45, 2.75) is 20.0 Å². The zero-order chi connectivity index (χ0) is 20.6. The van der Waals surface area contributed by atoms with Gasteiger partial charge in [-0.25, -0.2) is 4.98 Å². The molecule has 0 spiro atoms. The van der Waals surface area contributed by atoms with E-state index in [1.807, 2.05) is 54.8 Å². The van der Waals surface area contributed by atoms with Gasteiger partial charge in [0.1, 0.15) is 17.4 Å². The largest absolute Gasteiger partial charge is 0.493 e. The molecule has 7 heteroatoms. The Morgan fingerprint density at radius 1 is 1.03 bits per heavy atom. The van der Waals surface area contributed by atoms with Gasteiger partial charge < -0.3 is 18.9 Å². The summed E-state index contributed by atoms with van der Waals surface area (Å²) in [4.78, 5) is 16.5. The zero-order valence-electron chi connectivity index (χ0n) is 16.6. The molecule has 1 aromatic heterocycles. The average molecular weight is 413 g/mol. The Balaban J connectivity index is 1.53. The molecule has 1 heterocycles. The molecule has 0 saturated heterocycles. The Morgan fingerprint density at radius 2 is 1.83 bits per heavy atom. The summed E-state index contributed by atoms with van der Waals surface area (Å²) in [5, 5.41) is 2.64. The van der Waals surface area contributed by atoms with Gasteiger partial charge in [-0.3, -0.25) is 4.79 Å². The number of hydrogen-bond acceptors (Lipinski definition) is 7. The number of methoxy groups -OCH3 is 2. The minimum absolute atomic E-state index is 0.117. The number of para-hydroxylation sites is 2. The van der Waals surface area contributed by atoms with Gasteiger partial charge in [0.2, 0.25) is 0 Å². The Bertz CT molecular complexity index is 969. The smallest absolute Gasteiger partial charge is 0.309 e. The third-order valence-corrected chi connectivity index (χ3v) is 5.15. The molecule has 0 aliphatic carbocycles. The molecule has 0 fully saturated rings. The number of carbonyl (C=O) groups is 1. The van der Waals surface area contributed by atoms with Crippen LogP contribution in [0.1, 0.15) is 17.7 Å². The summed E-state index contributed by atoms with van der Waals surface area (Å²) in [6.45, 7) is 2.35. The standard InChI is InChI=1S/C22H23NO5S/c1-15-7-4-5-9-18(15)27-12-11-20(24)28-13-16-14-29-22(23-16)17-8-6-10-19(25-2)21(17)26-3/h4-10,14H,11-13H2,1-3H3. The van der Waals surface area contributed by atoms with Crippen LogP contribution >= 0.6 is 11.3 Å². The van der Waals surface area contributed by atoms with Crippen molar-refractivity contribution < 1.29 is 23.7 Å². The number of benzene rings is 2. The van der Waals surface area contributed by atoms with Crippen molar-refractivity contribution in [2.24, 2.45) is 0 Å². The van der Waals surface area contributed by atoms with Crippen molar-refractivity contribution >= 4 is 17.3 Å². The first-order valence-corrected chi connectivity index (χ1v) is 10.00. The maximum Gasteiger partial charge on any atom is 0.309 e. The SMILES string of the molecule is COc1cccc(-c2nc(COC(=O)CCOc3ccccc3C)cs2)c1OC. The second-order valence-electron chi connectivity index (χ2n) is 6.21. The van der Waals surface area contributed by atoms with Crippen LogP contribution in [-0.2, 0) is 16.1 Å². The van der Waals surface area contributed by atoms with Gasteiger partial charge in [-0.1, -0.05) is 24.3 Å². The van der Waals surface area contributed by atoms with Crippen LogP contribution in [0.15, 0.2) is 47.8 Å². The van der Waals surface area contributed by atoms with Crippen LogP contribution in [0.5, 0.6) is 17.2 Å². The lowest BCUT2D eigenvalue weighted by Gasteiger charge is -2.10. The van der Waals surface area contributed by atoms with Gasteiger partial charge in [0, 0.05) is 5.38 Å². The van der Waals surface area contributed by atoms with E-state index in [2.05, 4.69) is 4.98 Å². The number of hydrogen-bond donors (Lipinski definition) is 0. The predicted octanol–water partition coefficient (Wildman–Crippen LogP) is 4.65. The van der Waals surface area contributed by atoms with E-state index in [9.17, 15) is 4.79 Å². The molecule has 152 valence electrons. The fraction of sp³-hybridized carbons (Fsp3) is 0.273. The van der Waals surface area contributed by atoms with E-state index in [0.717, 1.165) is 21.9 Å². The van der Waals surface area contributed by atoms with Gasteiger partial charge in [0.25, 0.3) is 0 Å². The average Bonchev–Trinajstić information content (AvgIpc) is 3.22. The zero-order valence-corrected chi connectivity index (χ0v) is 17.5. The molecule has 0 saturated carbocycles. The maximum absolute atomic E-state index is 12.0. The van der Waals surface area contributed by atoms with Crippen molar-refractivity contribution in [3.05, 3.63) is 59.1 Å². The molecule has 0 aliphatic rings. The summed E-state index contributed by atoms with van der Waals surface area (Å²) >= 11 is 1.46. The minimum atomic E-state index is -0.327. The van der Waals surface area contributed by atoms with Crippen molar-refractivity contribution in [1.29, 1.82) is 0 Å². The number of aromatic nitrogens is 1. The van der Waals surface area contributed by atoms with Crippen LogP contribution in [0.2, 0.25) is 0 Å². The minimum Gasteiger partial charge on any atom is -0.493 e. The van der Waals surface area contributed by atoms with E-state index in [-0.39, 0.29) is 25.6 Å². The van der Waals surface area contributed by atoms with Crippen molar-refractivity contribution in [1.82, 2.24) is 4.98 Å². The molecule has 0 bridgehead atoms. The molecular weight excluding hydrogens is 390 g/mol. The topological polar surface area (TPSA) is 66.9 Å². The highest BCUT2D eigenvalue weighted by Crippen LogP contribution is 2.39. The van der Waals surface area contributed by atoms with Crippen LogP contribution in [-0.4, -0.2) is 31.8 Å². The van der Waals surface area contributed by atoms with Gasteiger partial charge in [-0.2, -0.15) is 0 Å². The van der Waals surface area contributed by atoms with Gasteiger partial charge in [0.15, 0.2) is 11.5 Å². The fourth-order valence-corrected chi connectivity index (χ4v) is 3.57. The number of ether oxygens (including phenoxy) is 4. The first-order valence-electron chi connectivity index (χ1n) is 9.12. The van der Waals surface area contributed by atoms with E-state index >= 15 is 0 Å². The van der Waals surface area contributed by atoms with E-state index in [0.29, 0.717) is 17.2 Å². The molecule has 6 nitrogen and oxygen atoms in total. The van der Waals surface area contributed by atoms with Gasteiger partial charge in [0.05, 0.1) is 38.5 Å². The van der Waals surface area contributed by atoms with E-state index < -0.39 is 0 Å². The fourth-order valence-electron chi connectivity index (χ4n) is 2.74. The molecule has 0 unspecified atom stereocenters. The number of thiazole rings is 1. The molecule has 0 atom stereocenters. The molecule has 3 rings (SSSR count). The summed E-state index contributed by atoms with van der Waals surface area (Å²) in [5.41, 5.74) is 2.55. The summed E-state index contributed by atoms with van der Waals surface area (Å²) < 4.78 is 21.7. The van der Waals surface area contributed by atoms with Gasteiger partial charge in [-0.15, -0.1) is 11.3 Å². The summed E-state index contributed by atoms with van der Waals surface area (Å²) in [6, 6.07) is 13.3. The highest BCUT2D eigenvalue weighted by Gasteiger charge is 2.15. The van der Waals surface area contributed by atoms with E-state index in [1.165, 1.54) is 11.3 Å². The lowest BCUT2D eigenvalue weighted by atomic mass is 10.2. The Kier molecular flexibility index (Phi) is 7.08. The third-order valence-electron chi connectivity index (χ3n) is 4.22. The Morgan fingerprint density at radius 3 is 2.59 bits per heavy atom. The summed E-state index contributed by atoms with van der Waals surface area (Å²) in [6.07, 6.45) is 0.176. The first-order chi connectivity index (χ1) is 14.1. The van der Waals surface area contributed by atoms with Crippen LogP contribution in [0.4, 0.5) is 0 Å². The van der Waals surface area contributed by atoms with Crippen LogP contribution in [0.3, 0.4) is 0 Å². The highest BCUT2D eigenvalue weighted by atomic mass is 32.1. The predicted molar refractivity (Wildman–Crippen MR) is 112 cm³/mol.